The Bertz CT molecular complexity index is 530. The van der Waals surface area contributed by atoms with E-state index in [0.717, 1.165) is 29.6 Å². The Morgan fingerprint density at radius 1 is 1.00 bits per heavy atom. The second-order valence-electron chi connectivity index (χ2n) is 11.0. The minimum absolute atomic E-state index is 0.252. The molecule has 0 spiro atoms. The zero-order valence-corrected chi connectivity index (χ0v) is 20.4. The van der Waals surface area contributed by atoms with Crippen molar-refractivity contribution in [1.29, 1.82) is 0 Å². The molecular weight excluding hydrogens is 352 g/mol. The minimum Gasteiger partial charge on any atom is -0.392 e. The fraction of sp³-hybridized carbons (Fsp3) is 0.857. The fourth-order valence-electron chi connectivity index (χ4n) is 5.90. The number of rotatable bonds is 11. The third-order valence-corrected chi connectivity index (χ3v) is 8.35. The maximum absolute atomic E-state index is 9.52. The van der Waals surface area contributed by atoms with Crippen molar-refractivity contribution in [3.8, 4) is 0 Å². The maximum Gasteiger partial charge on any atom is 0.0644 e. The molecular formula is C28H50O. The molecule has 0 saturated carbocycles. The van der Waals surface area contributed by atoms with E-state index in [0.29, 0.717) is 11.8 Å². The van der Waals surface area contributed by atoms with Crippen LogP contribution in [0.3, 0.4) is 0 Å². The molecule has 2 aliphatic carbocycles. The standard InChI is InChI=1S/C28H50O/c1-7-20(2)9-8-10-26-14-12-25(16-22(26)4)15-21(3)11-13-27-17-24(6)28(19-29)18-23(27)5/h14,18,20-25,27,29H,7-13,15-17,19H2,1-6H3/t20?,21-,22?,23?,24?,25?,27?/m1/s1. The van der Waals surface area contributed by atoms with E-state index in [1.165, 1.54) is 69.8 Å². The summed E-state index contributed by atoms with van der Waals surface area (Å²) in [7, 11) is 0. The highest BCUT2D eigenvalue weighted by Crippen LogP contribution is 2.39. The van der Waals surface area contributed by atoms with Gasteiger partial charge in [0.1, 0.15) is 0 Å². The Labute approximate surface area is 182 Å². The lowest BCUT2D eigenvalue weighted by Gasteiger charge is -2.33. The van der Waals surface area contributed by atoms with Gasteiger partial charge in [0, 0.05) is 0 Å². The number of aliphatic hydroxyl groups is 1. The van der Waals surface area contributed by atoms with Crippen molar-refractivity contribution in [1.82, 2.24) is 0 Å². The molecule has 1 N–H and O–H groups in total. The van der Waals surface area contributed by atoms with Gasteiger partial charge in [0.25, 0.3) is 0 Å². The molecule has 2 rings (SSSR count). The van der Waals surface area contributed by atoms with Crippen molar-refractivity contribution in [2.45, 2.75) is 106 Å². The first-order chi connectivity index (χ1) is 13.8. The highest BCUT2D eigenvalue weighted by atomic mass is 16.3. The van der Waals surface area contributed by atoms with Crippen LogP contribution >= 0.6 is 0 Å². The van der Waals surface area contributed by atoms with Crippen LogP contribution in [0.4, 0.5) is 0 Å². The van der Waals surface area contributed by atoms with Gasteiger partial charge in [-0.1, -0.05) is 78.5 Å². The average molecular weight is 403 g/mol. The highest BCUT2D eigenvalue weighted by molar-refractivity contribution is 5.13. The average Bonchev–Trinajstić information content (AvgIpc) is 2.69. The second-order valence-corrected chi connectivity index (χ2v) is 11.0. The van der Waals surface area contributed by atoms with Crippen molar-refractivity contribution < 1.29 is 5.11 Å². The van der Waals surface area contributed by atoms with Crippen LogP contribution in [0.2, 0.25) is 0 Å². The molecule has 0 saturated heterocycles. The number of aliphatic hydroxyl groups excluding tert-OH is 1. The van der Waals surface area contributed by atoms with Crippen molar-refractivity contribution in [2.24, 2.45) is 41.4 Å². The summed E-state index contributed by atoms with van der Waals surface area (Å²) in [6.45, 7) is 14.6. The predicted molar refractivity (Wildman–Crippen MR) is 128 cm³/mol. The summed E-state index contributed by atoms with van der Waals surface area (Å²) in [6.07, 6.45) is 18.6. The molecule has 1 heteroatoms. The van der Waals surface area contributed by atoms with Crippen molar-refractivity contribution in [3.63, 3.8) is 0 Å². The van der Waals surface area contributed by atoms with Gasteiger partial charge in [-0.25, -0.2) is 0 Å². The van der Waals surface area contributed by atoms with Crippen molar-refractivity contribution in [2.75, 3.05) is 6.61 Å². The highest BCUT2D eigenvalue weighted by Gasteiger charge is 2.27. The molecule has 1 nitrogen and oxygen atoms in total. The molecule has 0 fully saturated rings. The first-order valence-corrected chi connectivity index (χ1v) is 12.8. The van der Waals surface area contributed by atoms with Crippen LogP contribution in [0.5, 0.6) is 0 Å². The third kappa shape index (κ3) is 7.89. The summed E-state index contributed by atoms with van der Waals surface area (Å²) in [5.41, 5.74) is 3.03. The molecule has 0 aromatic rings. The van der Waals surface area contributed by atoms with Crippen LogP contribution < -0.4 is 0 Å². The van der Waals surface area contributed by atoms with E-state index in [-0.39, 0.29) is 6.61 Å². The lowest BCUT2D eigenvalue weighted by Crippen LogP contribution is -2.23. The molecule has 29 heavy (non-hydrogen) atoms. The van der Waals surface area contributed by atoms with Crippen molar-refractivity contribution >= 4 is 0 Å². The van der Waals surface area contributed by atoms with E-state index in [9.17, 15) is 5.11 Å². The van der Waals surface area contributed by atoms with Crippen LogP contribution in [0.25, 0.3) is 0 Å². The van der Waals surface area contributed by atoms with Gasteiger partial charge in [0.05, 0.1) is 6.61 Å². The van der Waals surface area contributed by atoms with Gasteiger partial charge in [-0.3, -0.25) is 0 Å². The smallest absolute Gasteiger partial charge is 0.0644 e. The van der Waals surface area contributed by atoms with Gasteiger partial charge in [-0.2, -0.15) is 0 Å². The largest absolute Gasteiger partial charge is 0.392 e. The van der Waals surface area contributed by atoms with Crippen LogP contribution in [-0.2, 0) is 0 Å². The Morgan fingerprint density at radius 3 is 2.38 bits per heavy atom. The zero-order valence-electron chi connectivity index (χ0n) is 20.4. The maximum atomic E-state index is 9.52. The fourth-order valence-corrected chi connectivity index (χ4v) is 5.90. The predicted octanol–water partition coefficient (Wildman–Crippen LogP) is 8.19. The Hall–Kier alpha value is -0.560. The first-order valence-electron chi connectivity index (χ1n) is 12.8. The van der Waals surface area contributed by atoms with Gasteiger partial charge in [-0.05, 0) is 91.9 Å². The molecule has 7 atom stereocenters. The Kier molecular flexibility index (Phi) is 10.5. The van der Waals surface area contributed by atoms with E-state index < -0.39 is 0 Å². The molecule has 0 heterocycles. The topological polar surface area (TPSA) is 20.2 Å². The molecule has 0 aliphatic heterocycles. The molecule has 0 aromatic heterocycles. The summed E-state index contributed by atoms with van der Waals surface area (Å²) < 4.78 is 0. The summed E-state index contributed by atoms with van der Waals surface area (Å²) in [6, 6.07) is 0. The monoisotopic (exact) mass is 402 g/mol. The van der Waals surface area contributed by atoms with Crippen LogP contribution in [0.15, 0.2) is 23.3 Å². The zero-order chi connectivity index (χ0) is 21.4. The van der Waals surface area contributed by atoms with Gasteiger partial charge < -0.3 is 5.11 Å². The molecule has 0 radical (unpaired) electrons. The molecule has 0 amide bonds. The first kappa shape index (κ1) is 24.7. The van der Waals surface area contributed by atoms with Gasteiger partial charge in [0.15, 0.2) is 0 Å². The molecule has 168 valence electrons. The van der Waals surface area contributed by atoms with Gasteiger partial charge in [-0.15, -0.1) is 0 Å². The lowest BCUT2D eigenvalue weighted by molar-refractivity contribution is 0.240. The number of allylic oxidation sites excluding steroid dienone is 3. The van der Waals surface area contributed by atoms with E-state index in [4.69, 9.17) is 0 Å². The molecule has 2 aliphatic rings. The van der Waals surface area contributed by atoms with Crippen molar-refractivity contribution in [3.05, 3.63) is 23.3 Å². The van der Waals surface area contributed by atoms with E-state index in [2.05, 4.69) is 53.7 Å². The third-order valence-electron chi connectivity index (χ3n) is 8.35. The summed E-state index contributed by atoms with van der Waals surface area (Å²) in [4.78, 5) is 0. The SMILES string of the molecule is CCC(C)CCCC1=CCC(C[C@H](C)CCC2CC(C)C(CO)=CC2C)CC1C. The summed E-state index contributed by atoms with van der Waals surface area (Å²) in [5, 5.41) is 9.52. The summed E-state index contributed by atoms with van der Waals surface area (Å²) in [5.74, 6) is 5.46. The summed E-state index contributed by atoms with van der Waals surface area (Å²) >= 11 is 0. The second kappa shape index (κ2) is 12.3. The lowest BCUT2D eigenvalue weighted by atomic mass is 9.72. The normalized spacial score (nSPS) is 32.4. The molecule has 0 aromatic carbocycles. The number of hydrogen-bond acceptors (Lipinski definition) is 1. The molecule has 0 bridgehead atoms. The van der Waals surface area contributed by atoms with Crippen LogP contribution in [0, 0.1) is 41.4 Å². The van der Waals surface area contributed by atoms with E-state index in [1.807, 2.05) is 0 Å². The van der Waals surface area contributed by atoms with E-state index in [1.54, 1.807) is 5.57 Å². The molecule has 6 unspecified atom stereocenters. The Morgan fingerprint density at radius 2 is 1.72 bits per heavy atom. The van der Waals surface area contributed by atoms with Gasteiger partial charge >= 0.3 is 0 Å². The van der Waals surface area contributed by atoms with Gasteiger partial charge in [0.2, 0.25) is 0 Å². The van der Waals surface area contributed by atoms with Crippen LogP contribution in [-0.4, -0.2) is 11.7 Å². The Balaban J connectivity index is 1.72. The number of hydrogen-bond donors (Lipinski definition) is 1. The quantitative estimate of drug-likeness (QED) is 0.345. The van der Waals surface area contributed by atoms with Crippen LogP contribution in [0.1, 0.15) is 106 Å². The van der Waals surface area contributed by atoms with E-state index >= 15 is 0 Å². The minimum atomic E-state index is 0.252.